The molecule has 3 amide bonds. The van der Waals surface area contributed by atoms with Crippen LogP contribution in [0.2, 0.25) is 0 Å². The molecule has 3 atom stereocenters. The first-order valence-electron chi connectivity index (χ1n) is 14.2. The molecule has 7 rings (SSSR count). The molecule has 2 aromatic rings. The zero-order valence-electron chi connectivity index (χ0n) is 22.1. The van der Waals surface area contributed by atoms with Crippen molar-refractivity contribution in [1.82, 2.24) is 25.2 Å². The summed E-state index contributed by atoms with van der Waals surface area (Å²) in [4.78, 5) is 46.7. The number of hydrogen-bond donors (Lipinski definition) is 2. The van der Waals surface area contributed by atoms with Gasteiger partial charge in [0.05, 0.1) is 12.0 Å². The van der Waals surface area contributed by atoms with Gasteiger partial charge >= 0.3 is 0 Å². The van der Waals surface area contributed by atoms with Crippen molar-refractivity contribution in [3.63, 3.8) is 0 Å². The third-order valence-electron chi connectivity index (χ3n) is 9.86. The van der Waals surface area contributed by atoms with Crippen LogP contribution in [0.4, 0.5) is 5.69 Å². The predicted octanol–water partition coefficient (Wildman–Crippen LogP) is 2.39. The maximum Gasteiger partial charge on any atom is 0.243 e. The second-order valence-electron chi connectivity index (χ2n) is 11.8. The minimum atomic E-state index is -0.708. The van der Waals surface area contributed by atoms with E-state index < -0.39 is 5.41 Å². The maximum atomic E-state index is 14.2. The highest BCUT2D eigenvalue weighted by atomic mass is 79.9. The van der Waals surface area contributed by atoms with E-state index in [1.807, 2.05) is 46.3 Å². The molecule has 5 heterocycles. The maximum absolute atomic E-state index is 14.2. The quantitative estimate of drug-likeness (QED) is 0.569. The van der Waals surface area contributed by atoms with Gasteiger partial charge in [0.2, 0.25) is 17.7 Å². The summed E-state index contributed by atoms with van der Waals surface area (Å²) in [5.74, 6) is 0.792. The molecule has 10 heteroatoms. The number of fused-ring (bicyclic) bond motifs is 4. The number of benzene rings is 1. The van der Waals surface area contributed by atoms with Crippen molar-refractivity contribution in [3.05, 3.63) is 52.3 Å². The van der Waals surface area contributed by atoms with Crippen molar-refractivity contribution >= 4 is 39.3 Å². The van der Waals surface area contributed by atoms with E-state index in [9.17, 15) is 14.4 Å². The van der Waals surface area contributed by atoms with Crippen LogP contribution in [0, 0.1) is 11.8 Å². The molecular formula is C29H35BrN6O3. The summed E-state index contributed by atoms with van der Waals surface area (Å²) in [5, 5.41) is 0. The van der Waals surface area contributed by atoms with E-state index in [2.05, 4.69) is 31.3 Å². The van der Waals surface area contributed by atoms with E-state index in [-0.39, 0.29) is 30.2 Å². The molecule has 1 aromatic carbocycles. The normalized spacial score (nSPS) is 27.5. The minimum Gasteiger partial charge on any atom is -0.348 e. The first kappa shape index (κ1) is 25.3. The Morgan fingerprint density at radius 2 is 1.87 bits per heavy atom. The molecule has 0 radical (unpaired) electrons. The van der Waals surface area contributed by atoms with Gasteiger partial charge < -0.3 is 19.3 Å². The number of amides is 3. The summed E-state index contributed by atoms with van der Waals surface area (Å²) < 4.78 is 3.08. The van der Waals surface area contributed by atoms with Gasteiger partial charge in [0.1, 0.15) is 6.54 Å². The van der Waals surface area contributed by atoms with Crippen molar-refractivity contribution in [1.29, 1.82) is 0 Å². The Labute approximate surface area is 237 Å². The molecule has 3 fully saturated rings. The lowest BCUT2D eigenvalue weighted by atomic mass is 9.73. The number of carbonyl (C=O) groups is 3. The molecule has 3 unspecified atom stereocenters. The second-order valence-corrected chi connectivity index (χ2v) is 12.7. The molecular weight excluding hydrogens is 560 g/mol. The Bertz CT molecular complexity index is 1320. The topological polar surface area (TPSA) is 89.9 Å². The van der Waals surface area contributed by atoms with Crippen molar-refractivity contribution < 1.29 is 14.4 Å². The fraction of sp³-hybridized carbons (Fsp3) is 0.552. The van der Waals surface area contributed by atoms with Crippen molar-refractivity contribution in [2.45, 2.75) is 56.7 Å². The van der Waals surface area contributed by atoms with Crippen LogP contribution >= 0.6 is 15.9 Å². The largest absolute Gasteiger partial charge is 0.348 e. The van der Waals surface area contributed by atoms with Gasteiger partial charge in [-0.05, 0) is 62.3 Å². The minimum absolute atomic E-state index is 0.00570. The van der Waals surface area contributed by atoms with Crippen LogP contribution in [0.5, 0.6) is 0 Å². The molecule has 1 saturated carbocycles. The van der Waals surface area contributed by atoms with E-state index in [4.69, 9.17) is 0 Å². The Kier molecular flexibility index (Phi) is 6.32. The predicted molar refractivity (Wildman–Crippen MR) is 150 cm³/mol. The van der Waals surface area contributed by atoms with Crippen LogP contribution in [0.25, 0.3) is 0 Å². The Morgan fingerprint density at radius 3 is 2.72 bits per heavy atom. The van der Waals surface area contributed by atoms with Crippen LogP contribution in [-0.2, 0) is 32.9 Å². The fourth-order valence-electron chi connectivity index (χ4n) is 7.66. The van der Waals surface area contributed by atoms with Crippen LogP contribution in [0.3, 0.4) is 0 Å². The molecule has 1 spiro atoms. The number of hydrogen-bond acceptors (Lipinski definition) is 5. The number of piperidine rings is 1. The van der Waals surface area contributed by atoms with Crippen LogP contribution in [0.15, 0.2) is 41.0 Å². The number of carbonyl (C=O) groups excluding carboxylic acids is 3. The molecule has 1 aliphatic carbocycles. The smallest absolute Gasteiger partial charge is 0.243 e. The second kappa shape index (κ2) is 9.74. The van der Waals surface area contributed by atoms with E-state index in [1.54, 1.807) is 4.90 Å². The van der Waals surface area contributed by atoms with Crippen LogP contribution in [0.1, 0.15) is 43.4 Å². The molecule has 0 bridgehead atoms. The number of aromatic nitrogens is 1. The van der Waals surface area contributed by atoms with Crippen LogP contribution < -0.4 is 15.8 Å². The summed E-state index contributed by atoms with van der Waals surface area (Å²) in [7, 11) is 0. The molecule has 4 aliphatic heterocycles. The number of hydrazine groups is 1. The zero-order chi connectivity index (χ0) is 26.7. The van der Waals surface area contributed by atoms with Crippen molar-refractivity contribution in [2.75, 3.05) is 37.6 Å². The molecule has 5 aliphatic rings. The molecule has 39 heavy (non-hydrogen) atoms. The number of nitrogens with zero attached hydrogens (tertiary/aromatic N) is 4. The third kappa shape index (κ3) is 4.14. The van der Waals surface area contributed by atoms with E-state index >= 15 is 0 Å². The monoisotopic (exact) mass is 594 g/mol. The summed E-state index contributed by atoms with van der Waals surface area (Å²) in [6.07, 6.45) is 6.07. The van der Waals surface area contributed by atoms with Gasteiger partial charge in [-0.15, -0.1) is 0 Å². The van der Waals surface area contributed by atoms with E-state index in [1.165, 1.54) is 0 Å². The average Bonchev–Trinajstić information content (AvgIpc) is 3.67. The first-order valence-corrected chi connectivity index (χ1v) is 15.0. The SMILES string of the molecule is O=C(CN1C(=O)C2(CCN(C(=O)C3CCC4NNCC4C3)CC2)c2c(Br)cccc21)N1CCn2cccc2C1. The van der Waals surface area contributed by atoms with Crippen molar-refractivity contribution in [2.24, 2.45) is 11.8 Å². The number of halogens is 1. The van der Waals surface area contributed by atoms with Gasteiger partial charge in [-0.25, -0.2) is 0 Å². The summed E-state index contributed by atoms with van der Waals surface area (Å²) in [6, 6.07) is 10.4. The summed E-state index contributed by atoms with van der Waals surface area (Å²) in [5.41, 5.74) is 8.80. The highest BCUT2D eigenvalue weighted by Gasteiger charge is 2.54. The number of likely N-dealkylation sites (tertiary alicyclic amines) is 1. The molecule has 2 N–H and O–H groups in total. The summed E-state index contributed by atoms with van der Waals surface area (Å²) in [6.45, 7) is 4.08. The van der Waals surface area contributed by atoms with E-state index in [0.29, 0.717) is 51.0 Å². The van der Waals surface area contributed by atoms with Gasteiger partial charge in [-0.3, -0.25) is 25.2 Å². The fourth-order valence-corrected chi connectivity index (χ4v) is 8.40. The lowest BCUT2D eigenvalue weighted by Gasteiger charge is -2.41. The molecule has 9 nitrogen and oxygen atoms in total. The average molecular weight is 596 g/mol. The van der Waals surface area contributed by atoms with Gasteiger partial charge in [0.25, 0.3) is 0 Å². The molecule has 1 aromatic heterocycles. The van der Waals surface area contributed by atoms with Gasteiger partial charge in [0, 0.05) is 72.3 Å². The number of rotatable bonds is 3. The first-order chi connectivity index (χ1) is 18.9. The van der Waals surface area contributed by atoms with Gasteiger partial charge in [-0.2, -0.15) is 0 Å². The van der Waals surface area contributed by atoms with E-state index in [0.717, 1.165) is 53.8 Å². The van der Waals surface area contributed by atoms with Gasteiger partial charge in [0.15, 0.2) is 0 Å². The Morgan fingerprint density at radius 1 is 1.03 bits per heavy atom. The Balaban J connectivity index is 1.07. The highest BCUT2D eigenvalue weighted by molar-refractivity contribution is 9.10. The Hall–Kier alpha value is -2.69. The standard InChI is InChI=1S/C29H35BrN6O3/c30-22-4-1-5-24-26(22)29(28(39)36(24)18-25(37)35-14-13-33-10-2-3-21(33)17-35)8-11-34(12-9-29)27(38)19-6-7-23-20(15-19)16-31-32-23/h1-5,10,19-20,23,31-32H,6-9,11-18H2. The zero-order valence-corrected chi connectivity index (χ0v) is 23.7. The molecule has 206 valence electrons. The number of nitrogens with one attached hydrogen (secondary N) is 2. The number of anilines is 1. The van der Waals surface area contributed by atoms with Crippen molar-refractivity contribution in [3.8, 4) is 0 Å². The summed E-state index contributed by atoms with van der Waals surface area (Å²) >= 11 is 3.73. The van der Waals surface area contributed by atoms with Gasteiger partial charge in [-0.1, -0.05) is 22.0 Å². The highest BCUT2D eigenvalue weighted by Crippen LogP contribution is 2.51. The molecule has 2 saturated heterocycles. The lowest BCUT2D eigenvalue weighted by Crippen LogP contribution is -2.53. The third-order valence-corrected chi connectivity index (χ3v) is 10.5. The van der Waals surface area contributed by atoms with Crippen LogP contribution in [-0.4, -0.2) is 70.9 Å². The lowest BCUT2D eigenvalue weighted by molar-refractivity contribution is -0.140.